The van der Waals surface area contributed by atoms with Gasteiger partial charge in [-0.15, -0.1) is 0 Å². The molecule has 0 aromatic heterocycles. The molecule has 2 fully saturated rings. The van der Waals surface area contributed by atoms with E-state index in [0.717, 1.165) is 44.2 Å². The fourth-order valence-corrected chi connectivity index (χ4v) is 3.93. The summed E-state index contributed by atoms with van der Waals surface area (Å²) in [7, 11) is 0. The standard InChI is InChI=1S/C16H29NO2/c1-12(2)13-8-10-17(11-9-13)15-7-5-3-4-6-14(15)16(18)19/h12-15H,3-11H2,1-2H3,(H,18,19). The fraction of sp³-hybridized carbons (Fsp3) is 0.938. The van der Waals surface area contributed by atoms with Crippen molar-refractivity contribution >= 4 is 5.97 Å². The lowest BCUT2D eigenvalue weighted by molar-refractivity contribution is -0.144. The predicted molar refractivity (Wildman–Crippen MR) is 77.1 cm³/mol. The molecule has 1 N–H and O–H groups in total. The van der Waals surface area contributed by atoms with E-state index in [4.69, 9.17) is 0 Å². The van der Waals surface area contributed by atoms with Crippen molar-refractivity contribution in [3.63, 3.8) is 0 Å². The molecule has 0 aromatic carbocycles. The molecule has 19 heavy (non-hydrogen) atoms. The second kappa shape index (κ2) is 6.74. The van der Waals surface area contributed by atoms with Gasteiger partial charge in [0.05, 0.1) is 5.92 Å². The van der Waals surface area contributed by atoms with Crippen molar-refractivity contribution in [1.82, 2.24) is 4.90 Å². The van der Waals surface area contributed by atoms with Crippen LogP contribution in [0.3, 0.4) is 0 Å². The molecule has 2 unspecified atom stereocenters. The number of carboxylic acid groups (broad SMARTS) is 1. The van der Waals surface area contributed by atoms with Gasteiger partial charge in [0.1, 0.15) is 0 Å². The highest BCUT2D eigenvalue weighted by molar-refractivity contribution is 5.70. The van der Waals surface area contributed by atoms with E-state index in [9.17, 15) is 9.90 Å². The van der Waals surface area contributed by atoms with Gasteiger partial charge in [-0.1, -0.05) is 33.1 Å². The summed E-state index contributed by atoms with van der Waals surface area (Å²) in [5, 5.41) is 9.48. The third-order valence-electron chi connectivity index (χ3n) is 5.28. The van der Waals surface area contributed by atoms with Crippen molar-refractivity contribution in [2.75, 3.05) is 13.1 Å². The normalized spacial score (nSPS) is 31.3. The third kappa shape index (κ3) is 3.71. The second-order valence-electron chi connectivity index (χ2n) is 6.77. The van der Waals surface area contributed by atoms with E-state index in [1.807, 2.05) is 0 Å². The molecule has 0 radical (unpaired) electrons. The summed E-state index contributed by atoms with van der Waals surface area (Å²) in [5.74, 6) is 0.910. The molecule has 0 aromatic rings. The van der Waals surface area contributed by atoms with Crippen LogP contribution in [0.25, 0.3) is 0 Å². The first-order chi connectivity index (χ1) is 9.09. The first-order valence-electron chi connectivity index (χ1n) is 8.06. The van der Waals surface area contributed by atoms with Gasteiger partial charge in [0.2, 0.25) is 0 Å². The molecule has 1 saturated carbocycles. The van der Waals surface area contributed by atoms with Gasteiger partial charge in [0.15, 0.2) is 0 Å². The van der Waals surface area contributed by atoms with Crippen LogP contribution in [0.4, 0.5) is 0 Å². The number of carbonyl (C=O) groups is 1. The number of aliphatic carboxylic acids is 1. The topological polar surface area (TPSA) is 40.5 Å². The van der Waals surface area contributed by atoms with E-state index < -0.39 is 5.97 Å². The van der Waals surface area contributed by atoms with Crippen LogP contribution >= 0.6 is 0 Å². The number of hydrogen-bond donors (Lipinski definition) is 1. The lowest BCUT2D eigenvalue weighted by atomic mass is 9.84. The molecular weight excluding hydrogens is 238 g/mol. The minimum atomic E-state index is -0.571. The first kappa shape index (κ1) is 14.8. The quantitative estimate of drug-likeness (QED) is 0.797. The number of nitrogens with zero attached hydrogens (tertiary/aromatic N) is 1. The molecule has 3 nitrogen and oxygen atoms in total. The molecule has 1 heterocycles. The Morgan fingerprint density at radius 2 is 1.68 bits per heavy atom. The van der Waals surface area contributed by atoms with Gasteiger partial charge in [-0.25, -0.2) is 0 Å². The average Bonchev–Trinajstić information content (AvgIpc) is 2.64. The number of rotatable bonds is 3. The zero-order valence-corrected chi connectivity index (χ0v) is 12.5. The minimum Gasteiger partial charge on any atom is -0.481 e. The third-order valence-corrected chi connectivity index (χ3v) is 5.28. The van der Waals surface area contributed by atoms with E-state index in [1.165, 1.54) is 25.7 Å². The maximum atomic E-state index is 11.5. The van der Waals surface area contributed by atoms with E-state index in [0.29, 0.717) is 6.04 Å². The number of hydrogen-bond acceptors (Lipinski definition) is 2. The minimum absolute atomic E-state index is 0.127. The number of piperidine rings is 1. The van der Waals surface area contributed by atoms with Crippen LogP contribution in [0.2, 0.25) is 0 Å². The monoisotopic (exact) mass is 267 g/mol. The summed E-state index contributed by atoms with van der Waals surface area (Å²) >= 11 is 0. The van der Waals surface area contributed by atoms with Gasteiger partial charge in [0, 0.05) is 6.04 Å². The summed E-state index contributed by atoms with van der Waals surface area (Å²) in [5.41, 5.74) is 0. The van der Waals surface area contributed by atoms with E-state index in [-0.39, 0.29) is 5.92 Å². The van der Waals surface area contributed by atoms with Crippen LogP contribution in [0, 0.1) is 17.8 Å². The summed E-state index contributed by atoms with van der Waals surface area (Å²) in [6.07, 6.45) is 7.98. The average molecular weight is 267 g/mol. The molecule has 3 heteroatoms. The largest absolute Gasteiger partial charge is 0.481 e. The molecule has 1 saturated heterocycles. The lowest BCUT2D eigenvalue weighted by Crippen LogP contribution is -2.47. The van der Waals surface area contributed by atoms with Crippen LogP contribution < -0.4 is 0 Å². The summed E-state index contributed by atoms with van der Waals surface area (Å²) in [4.78, 5) is 14.0. The Balaban J connectivity index is 1.97. The number of likely N-dealkylation sites (tertiary alicyclic amines) is 1. The van der Waals surface area contributed by atoms with Crippen LogP contribution in [-0.4, -0.2) is 35.1 Å². The van der Waals surface area contributed by atoms with Crippen molar-refractivity contribution < 1.29 is 9.90 Å². The van der Waals surface area contributed by atoms with Crippen LogP contribution in [0.15, 0.2) is 0 Å². The maximum Gasteiger partial charge on any atom is 0.308 e. The Kier molecular flexibility index (Phi) is 5.26. The highest BCUT2D eigenvalue weighted by Crippen LogP contribution is 2.32. The zero-order valence-electron chi connectivity index (χ0n) is 12.5. The summed E-state index contributed by atoms with van der Waals surface area (Å²) < 4.78 is 0. The van der Waals surface area contributed by atoms with Gasteiger partial charge < -0.3 is 5.11 Å². The summed E-state index contributed by atoms with van der Waals surface area (Å²) in [6.45, 7) is 6.84. The van der Waals surface area contributed by atoms with Crippen LogP contribution in [-0.2, 0) is 4.79 Å². The van der Waals surface area contributed by atoms with Crippen molar-refractivity contribution in [3.8, 4) is 0 Å². The Morgan fingerprint density at radius 3 is 2.26 bits per heavy atom. The van der Waals surface area contributed by atoms with Crippen LogP contribution in [0.5, 0.6) is 0 Å². The van der Waals surface area contributed by atoms with E-state index in [2.05, 4.69) is 18.7 Å². The molecule has 1 aliphatic carbocycles. The highest BCUT2D eigenvalue weighted by atomic mass is 16.4. The highest BCUT2D eigenvalue weighted by Gasteiger charge is 2.35. The maximum absolute atomic E-state index is 11.5. The smallest absolute Gasteiger partial charge is 0.308 e. The van der Waals surface area contributed by atoms with Crippen molar-refractivity contribution in [2.45, 2.75) is 64.8 Å². The van der Waals surface area contributed by atoms with E-state index in [1.54, 1.807) is 0 Å². The molecule has 0 bridgehead atoms. The second-order valence-corrected chi connectivity index (χ2v) is 6.77. The van der Waals surface area contributed by atoms with Gasteiger partial charge >= 0.3 is 5.97 Å². The summed E-state index contributed by atoms with van der Waals surface area (Å²) in [6, 6.07) is 0.299. The first-order valence-corrected chi connectivity index (χ1v) is 8.06. The van der Waals surface area contributed by atoms with Gasteiger partial charge in [0.25, 0.3) is 0 Å². The van der Waals surface area contributed by atoms with Crippen molar-refractivity contribution in [2.24, 2.45) is 17.8 Å². The lowest BCUT2D eigenvalue weighted by Gasteiger charge is -2.40. The Morgan fingerprint density at radius 1 is 1.05 bits per heavy atom. The fourth-order valence-electron chi connectivity index (χ4n) is 3.93. The molecule has 2 rings (SSSR count). The molecule has 110 valence electrons. The molecule has 2 atom stereocenters. The molecule has 1 aliphatic heterocycles. The zero-order chi connectivity index (χ0) is 13.8. The SMILES string of the molecule is CC(C)C1CCN(C2CCCCCC2C(=O)O)CC1. The Labute approximate surface area is 117 Å². The molecular formula is C16H29NO2. The Hall–Kier alpha value is -0.570. The van der Waals surface area contributed by atoms with E-state index >= 15 is 0 Å². The molecule has 0 spiro atoms. The van der Waals surface area contributed by atoms with Crippen LogP contribution in [0.1, 0.15) is 58.8 Å². The predicted octanol–water partition coefficient (Wildman–Crippen LogP) is 3.39. The van der Waals surface area contributed by atoms with Gasteiger partial charge in [-0.3, -0.25) is 9.69 Å². The Bertz CT molecular complexity index is 295. The van der Waals surface area contributed by atoms with Gasteiger partial charge in [-0.05, 0) is 50.6 Å². The number of carboxylic acids is 1. The van der Waals surface area contributed by atoms with Crippen molar-refractivity contribution in [3.05, 3.63) is 0 Å². The molecule has 2 aliphatic rings. The van der Waals surface area contributed by atoms with Crippen molar-refractivity contribution in [1.29, 1.82) is 0 Å². The van der Waals surface area contributed by atoms with Gasteiger partial charge in [-0.2, -0.15) is 0 Å². The molecule has 0 amide bonds.